The van der Waals surface area contributed by atoms with Crippen molar-refractivity contribution in [3.8, 4) is 28.7 Å². The van der Waals surface area contributed by atoms with Crippen molar-refractivity contribution >= 4 is 20.8 Å². The standard InChI is InChI=1S/C18H21O7P.C2H6/c1-21-14-8-7-12(9-15(14)25-26(19)20)5-6-13-10-16(22-2)18(24-4)17(11-13)23-3;1-2/h5-11,19-20H,1-4H3;1-2H3/b6-5-;. The van der Waals surface area contributed by atoms with E-state index >= 15 is 0 Å². The van der Waals surface area contributed by atoms with Gasteiger partial charge in [0, 0.05) is 0 Å². The van der Waals surface area contributed by atoms with Gasteiger partial charge in [-0.25, -0.2) is 0 Å². The highest BCUT2D eigenvalue weighted by atomic mass is 31.2. The molecule has 0 amide bonds. The first kappa shape index (κ1) is 23.6. The van der Waals surface area contributed by atoms with Crippen LogP contribution >= 0.6 is 8.60 Å². The molecule has 2 aromatic carbocycles. The Morgan fingerprint density at radius 3 is 1.64 bits per heavy atom. The van der Waals surface area contributed by atoms with E-state index in [0.29, 0.717) is 23.0 Å². The Kier molecular flexibility index (Phi) is 10.2. The lowest BCUT2D eigenvalue weighted by Gasteiger charge is -2.13. The summed E-state index contributed by atoms with van der Waals surface area (Å²) in [5.74, 6) is 2.28. The predicted octanol–water partition coefficient (Wildman–Crippen LogP) is 4.51. The monoisotopic (exact) mass is 410 g/mol. The summed E-state index contributed by atoms with van der Waals surface area (Å²) in [6.45, 7) is 4.00. The summed E-state index contributed by atoms with van der Waals surface area (Å²) in [6, 6.07) is 8.79. The van der Waals surface area contributed by atoms with Crippen LogP contribution in [0.3, 0.4) is 0 Å². The first-order valence-corrected chi connectivity index (χ1v) is 9.70. The summed E-state index contributed by atoms with van der Waals surface area (Å²) < 4.78 is 26.1. The summed E-state index contributed by atoms with van der Waals surface area (Å²) in [5, 5.41) is 0. The molecule has 0 radical (unpaired) electrons. The van der Waals surface area contributed by atoms with Crippen LogP contribution in [-0.2, 0) is 0 Å². The van der Waals surface area contributed by atoms with Crippen molar-refractivity contribution in [2.45, 2.75) is 13.8 Å². The Morgan fingerprint density at radius 1 is 0.679 bits per heavy atom. The first-order chi connectivity index (χ1) is 13.5. The maximum Gasteiger partial charge on any atom is 0.391 e. The average Bonchev–Trinajstić information content (AvgIpc) is 2.72. The van der Waals surface area contributed by atoms with Crippen molar-refractivity contribution in [3.05, 3.63) is 41.5 Å². The minimum Gasteiger partial charge on any atom is -0.493 e. The summed E-state index contributed by atoms with van der Waals surface area (Å²) in [6.07, 6.45) is 3.70. The molecule has 2 N–H and O–H groups in total. The number of ether oxygens (including phenoxy) is 4. The number of methoxy groups -OCH3 is 4. The summed E-state index contributed by atoms with van der Waals surface area (Å²) in [4.78, 5) is 18.1. The molecule has 0 aliphatic heterocycles. The van der Waals surface area contributed by atoms with Crippen molar-refractivity contribution in [1.29, 1.82) is 0 Å². The lowest BCUT2D eigenvalue weighted by molar-refractivity contribution is 0.324. The third-order valence-electron chi connectivity index (χ3n) is 3.52. The molecule has 0 fully saturated rings. The number of hydrogen-bond acceptors (Lipinski definition) is 7. The van der Waals surface area contributed by atoms with E-state index in [-0.39, 0.29) is 5.75 Å². The van der Waals surface area contributed by atoms with E-state index in [1.807, 2.05) is 44.2 Å². The van der Waals surface area contributed by atoms with E-state index in [2.05, 4.69) is 0 Å². The molecule has 2 rings (SSSR count). The molecular formula is C20H27O7P. The topological polar surface area (TPSA) is 86.6 Å². The van der Waals surface area contributed by atoms with E-state index in [4.69, 9.17) is 33.3 Å². The van der Waals surface area contributed by atoms with E-state index in [0.717, 1.165) is 11.1 Å². The van der Waals surface area contributed by atoms with Crippen LogP contribution in [0.4, 0.5) is 0 Å². The van der Waals surface area contributed by atoms with Crippen LogP contribution in [-0.4, -0.2) is 38.2 Å². The van der Waals surface area contributed by atoms with Gasteiger partial charge in [0.15, 0.2) is 23.0 Å². The molecule has 2 aromatic rings. The third-order valence-corrected chi connectivity index (χ3v) is 3.88. The smallest absolute Gasteiger partial charge is 0.391 e. The van der Waals surface area contributed by atoms with E-state index in [1.165, 1.54) is 7.11 Å². The van der Waals surface area contributed by atoms with Gasteiger partial charge in [0.05, 0.1) is 28.4 Å². The molecule has 0 saturated carbocycles. The highest BCUT2D eigenvalue weighted by Gasteiger charge is 2.12. The predicted molar refractivity (Wildman–Crippen MR) is 111 cm³/mol. The lowest BCUT2D eigenvalue weighted by Crippen LogP contribution is -1.95. The maximum absolute atomic E-state index is 9.07. The van der Waals surface area contributed by atoms with Gasteiger partial charge in [-0.3, -0.25) is 0 Å². The van der Waals surface area contributed by atoms with Gasteiger partial charge in [0.25, 0.3) is 0 Å². The minimum absolute atomic E-state index is 0.246. The Hall–Kier alpha value is -2.47. The number of hydrogen-bond donors (Lipinski definition) is 2. The Labute approximate surface area is 167 Å². The molecule has 0 atom stereocenters. The van der Waals surface area contributed by atoms with Gasteiger partial charge in [-0.2, -0.15) is 0 Å². The third kappa shape index (κ3) is 6.30. The lowest BCUT2D eigenvalue weighted by atomic mass is 10.1. The Balaban J connectivity index is 0.00000190. The number of benzene rings is 2. The van der Waals surface area contributed by atoms with Crippen molar-refractivity contribution in [2.75, 3.05) is 28.4 Å². The van der Waals surface area contributed by atoms with E-state index in [1.54, 1.807) is 33.5 Å². The number of rotatable bonds is 8. The highest BCUT2D eigenvalue weighted by molar-refractivity contribution is 7.39. The van der Waals surface area contributed by atoms with Crippen LogP contribution in [0.2, 0.25) is 0 Å². The molecule has 28 heavy (non-hydrogen) atoms. The molecule has 7 nitrogen and oxygen atoms in total. The fourth-order valence-corrected chi connectivity index (χ4v) is 2.66. The van der Waals surface area contributed by atoms with Crippen LogP contribution in [0.1, 0.15) is 25.0 Å². The van der Waals surface area contributed by atoms with Crippen LogP contribution in [0.25, 0.3) is 12.2 Å². The first-order valence-electron chi connectivity index (χ1n) is 8.54. The van der Waals surface area contributed by atoms with Gasteiger partial charge in [0.1, 0.15) is 0 Å². The Bertz CT molecular complexity index is 750. The van der Waals surface area contributed by atoms with Crippen molar-refractivity contribution in [3.63, 3.8) is 0 Å². The average molecular weight is 410 g/mol. The zero-order valence-corrected chi connectivity index (χ0v) is 17.8. The van der Waals surface area contributed by atoms with Gasteiger partial charge >= 0.3 is 8.60 Å². The van der Waals surface area contributed by atoms with Gasteiger partial charge in [0.2, 0.25) is 5.75 Å². The van der Waals surface area contributed by atoms with Crippen LogP contribution in [0, 0.1) is 0 Å². The normalized spacial score (nSPS) is 10.3. The fraction of sp³-hybridized carbons (Fsp3) is 0.300. The van der Waals surface area contributed by atoms with Gasteiger partial charge < -0.3 is 33.3 Å². The summed E-state index contributed by atoms with van der Waals surface area (Å²) in [5.41, 5.74) is 1.62. The highest BCUT2D eigenvalue weighted by Crippen LogP contribution is 2.39. The van der Waals surface area contributed by atoms with Crippen LogP contribution in [0.5, 0.6) is 28.7 Å². The second kappa shape index (κ2) is 12.1. The SMILES string of the molecule is CC.COc1ccc(/C=C\c2cc(OC)c(OC)c(OC)c2)cc1OP(O)O. The molecule has 0 unspecified atom stereocenters. The molecular weight excluding hydrogens is 383 g/mol. The summed E-state index contributed by atoms with van der Waals surface area (Å²) >= 11 is 0. The van der Waals surface area contributed by atoms with Gasteiger partial charge in [-0.1, -0.05) is 32.1 Å². The second-order valence-corrected chi connectivity index (χ2v) is 5.73. The van der Waals surface area contributed by atoms with Crippen molar-refractivity contribution < 1.29 is 33.3 Å². The zero-order chi connectivity index (χ0) is 21.1. The van der Waals surface area contributed by atoms with Crippen molar-refractivity contribution in [2.24, 2.45) is 0 Å². The molecule has 154 valence electrons. The zero-order valence-electron chi connectivity index (χ0n) is 16.9. The molecule has 0 aliphatic rings. The van der Waals surface area contributed by atoms with E-state index in [9.17, 15) is 0 Å². The van der Waals surface area contributed by atoms with Gasteiger partial charge in [-0.05, 0) is 35.4 Å². The molecule has 8 heteroatoms. The quantitative estimate of drug-likeness (QED) is 0.489. The molecule has 0 aromatic heterocycles. The van der Waals surface area contributed by atoms with Gasteiger partial charge in [-0.15, -0.1) is 0 Å². The fourth-order valence-electron chi connectivity index (χ4n) is 2.35. The van der Waals surface area contributed by atoms with E-state index < -0.39 is 8.60 Å². The largest absolute Gasteiger partial charge is 0.493 e. The van der Waals surface area contributed by atoms with Crippen molar-refractivity contribution in [1.82, 2.24) is 0 Å². The maximum atomic E-state index is 9.07. The molecule has 0 aliphatic carbocycles. The van der Waals surface area contributed by atoms with Crippen LogP contribution < -0.4 is 23.5 Å². The second-order valence-electron chi connectivity index (χ2n) is 5.05. The minimum atomic E-state index is -2.53. The molecule has 0 bridgehead atoms. The summed E-state index contributed by atoms with van der Waals surface area (Å²) in [7, 11) is 3.60. The molecule has 0 saturated heterocycles. The molecule has 0 spiro atoms. The van der Waals surface area contributed by atoms with Crippen LogP contribution in [0.15, 0.2) is 30.3 Å². The molecule has 0 heterocycles. The Morgan fingerprint density at radius 2 is 1.18 bits per heavy atom.